The molecule has 0 bridgehead atoms. The highest BCUT2D eigenvalue weighted by Crippen LogP contribution is 2.27. The monoisotopic (exact) mass is 334 g/mol. The van der Waals surface area contributed by atoms with E-state index in [0.29, 0.717) is 12.6 Å². The number of likely N-dealkylation sites (tertiary alicyclic amines) is 1. The van der Waals surface area contributed by atoms with Gasteiger partial charge in [-0.2, -0.15) is 0 Å². The predicted octanol–water partition coefficient (Wildman–Crippen LogP) is 3.57. The SMILES string of the molecule is O=C(NCc1ccccc1)c1ccc2c(c1)CC[C@H](N1CCCC1)C2. The Morgan fingerprint density at radius 1 is 1.04 bits per heavy atom. The molecule has 3 heteroatoms. The smallest absolute Gasteiger partial charge is 0.251 e. The second kappa shape index (κ2) is 7.40. The average Bonchev–Trinajstić information content (AvgIpc) is 3.21. The number of nitrogens with one attached hydrogen (secondary N) is 1. The standard InChI is InChI=1S/C22H26N2O/c25-22(23-16-17-6-2-1-3-7-17)20-9-8-19-15-21(11-10-18(19)14-20)24-12-4-5-13-24/h1-3,6-9,14,21H,4-5,10-13,15-16H2,(H,23,25)/t21-/m0/s1. The lowest BCUT2D eigenvalue weighted by molar-refractivity contribution is 0.0950. The zero-order valence-electron chi connectivity index (χ0n) is 14.7. The van der Waals surface area contributed by atoms with Crippen molar-refractivity contribution in [2.75, 3.05) is 13.1 Å². The van der Waals surface area contributed by atoms with Crippen LogP contribution in [0.1, 0.15) is 46.3 Å². The summed E-state index contributed by atoms with van der Waals surface area (Å²) in [7, 11) is 0. The molecule has 0 spiro atoms. The molecule has 3 nitrogen and oxygen atoms in total. The van der Waals surface area contributed by atoms with Gasteiger partial charge in [-0.05, 0) is 74.0 Å². The van der Waals surface area contributed by atoms with Gasteiger partial charge in [-0.25, -0.2) is 0 Å². The molecule has 2 aromatic carbocycles. The highest BCUT2D eigenvalue weighted by molar-refractivity contribution is 5.94. The highest BCUT2D eigenvalue weighted by atomic mass is 16.1. The second-order valence-corrected chi connectivity index (χ2v) is 7.29. The Labute approximate surface area is 150 Å². The van der Waals surface area contributed by atoms with Crippen LogP contribution < -0.4 is 5.32 Å². The van der Waals surface area contributed by atoms with Crippen LogP contribution >= 0.6 is 0 Å². The van der Waals surface area contributed by atoms with Gasteiger partial charge in [-0.15, -0.1) is 0 Å². The minimum atomic E-state index is 0.0216. The van der Waals surface area contributed by atoms with E-state index in [-0.39, 0.29) is 5.91 Å². The van der Waals surface area contributed by atoms with Crippen LogP contribution in [0.2, 0.25) is 0 Å². The van der Waals surface area contributed by atoms with E-state index in [1.54, 1.807) is 0 Å². The van der Waals surface area contributed by atoms with Gasteiger partial charge >= 0.3 is 0 Å². The number of fused-ring (bicyclic) bond motifs is 1. The molecule has 4 rings (SSSR count). The number of rotatable bonds is 4. The van der Waals surface area contributed by atoms with Crippen molar-refractivity contribution < 1.29 is 4.79 Å². The van der Waals surface area contributed by atoms with Crippen LogP contribution in [0, 0.1) is 0 Å². The first-order valence-electron chi connectivity index (χ1n) is 9.47. The number of hydrogen-bond acceptors (Lipinski definition) is 2. The molecular formula is C22H26N2O. The van der Waals surface area contributed by atoms with E-state index in [4.69, 9.17) is 0 Å². The van der Waals surface area contributed by atoms with Crippen LogP contribution in [0.25, 0.3) is 0 Å². The fraction of sp³-hybridized carbons (Fsp3) is 0.409. The van der Waals surface area contributed by atoms with Gasteiger partial charge < -0.3 is 10.2 Å². The summed E-state index contributed by atoms with van der Waals surface area (Å²) in [6.45, 7) is 3.10. The fourth-order valence-corrected chi connectivity index (χ4v) is 4.18. The molecule has 0 unspecified atom stereocenters. The molecule has 0 saturated carbocycles. The van der Waals surface area contributed by atoms with Crippen LogP contribution in [0.4, 0.5) is 0 Å². The van der Waals surface area contributed by atoms with Gasteiger partial charge in [0.05, 0.1) is 0 Å². The minimum Gasteiger partial charge on any atom is -0.348 e. The highest BCUT2D eigenvalue weighted by Gasteiger charge is 2.26. The Kier molecular flexibility index (Phi) is 4.84. The summed E-state index contributed by atoms with van der Waals surface area (Å²) >= 11 is 0. The maximum Gasteiger partial charge on any atom is 0.251 e. The quantitative estimate of drug-likeness (QED) is 0.927. The molecule has 1 aliphatic heterocycles. The van der Waals surface area contributed by atoms with E-state index in [9.17, 15) is 4.79 Å². The summed E-state index contributed by atoms with van der Waals surface area (Å²) in [6, 6.07) is 17.0. The zero-order chi connectivity index (χ0) is 17.1. The number of carbonyl (C=O) groups is 1. The summed E-state index contributed by atoms with van der Waals surface area (Å²) in [5.74, 6) is 0.0216. The Hall–Kier alpha value is -2.13. The van der Waals surface area contributed by atoms with E-state index in [1.165, 1.54) is 43.5 Å². The van der Waals surface area contributed by atoms with Crippen molar-refractivity contribution in [1.29, 1.82) is 0 Å². The average molecular weight is 334 g/mol. The summed E-state index contributed by atoms with van der Waals surface area (Å²) in [4.78, 5) is 15.1. The molecule has 1 N–H and O–H groups in total. The normalized spacial score (nSPS) is 20.2. The van der Waals surface area contributed by atoms with Crippen LogP contribution in [0.5, 0.6) is 0 Å². The molecule has 130 valence electrons. The Morgan fingerprint density at radius 3 is 2.64 bits per heavy atom. The van der Waals surface area contributed by atoms with Gasteiger partial charge in [0, 0.05) is 18.2 Å². The molecule has 0 radical (unpaired) electrons. The number of carbonyl (C=O) groups excluding carboxylic acids is 1. The molecule has 1 fully saturated rings. The molecular weight excluding hydrogens is 308 g/mol. The first kappa shape index (κ1) is 16.3. The number of hydrogen-bond donors (Lipinski definition) is 1. The fourth-order valence-electron chi connectivity index (χ4n) is 4.18. The van der Waals surface area contributed by atoms with Crippen LogP contribution in [0.15, 0.2) is 48.5 Å². The third kappa shape index (κ3) is 3.77. The molecule has 25 heavy (non-hydrogen) atoms. The topological polar surface area (TPSA) is 32.3 Å². The summed E-state index contributed by atoms with van der Waals surface area (Å²) in [5.41, 5.74) is 4.71. The van der Waals surface area contributed by atoms with Gasteiger partial charge in [-0.1, -0.05) is 36.4 Å². The van der Waals surface area contributed by atoms with E-state index in [2.05, 4.69) is 22.3 Å². The number of benzene rings is 2. The van der Waals surface area contributed by atoms with Gasteiger partial charge in [0.1, 0.15) is 0 Å². The maximum absolute atomic E-state index is 12.5. The van der Waals surface area contributed by atoms with Gasteiger partial charge in [0.25, 0.3) is 5.91 Å². The van der Waals surface area contributed by atoms with Crippen molar-refractivity contribution in [2.45, 2.75) is 44.7 Å². The van der Waals surface area contributed by atoms with E-state index in [0.717, 1.165) is 24.0 Å². The summed E-state index contributed by atoms with van der Waals surface area (Å²) < 4.78 is 0. The van der Waals surface area contributed by atoms with Gasteiger partial charge in [-0.3, -0.25) is 4.79 Å². The molecule has 1 aliphatic carbocycles. The first-order valence-corrected chi connectivity index (χ1v) is 9.47. The predicted molar refractivity (Wildman–Crippen MR) is 101 cm³/mol. The minimum absolute atomic E-state index is 0.0216. The Morgan fingerprint density at radius 2 is 1.84 bits per heavy atom. The molecule has 2 aromatic rings. The molecule has 1 atom stereocenters. The molecule has 1 amide bonds. The summed E-state index contributed by atoms with van der Waals surface area (Å²) in [5, 5.41) is 3.03. The van der Waals surface area contributed by atoms with E-state index in [1.807, 2.05) is 36.4 Å². The van der Waals surface area contributed by atoms with Crippen LogP contribution in [0.3, 0.4) is 0 Å². The van der Waals surface area contributed by atoms with E-state index >= 15 is 0 Å². The van der Waals surface area contributed by atoms with Crippen LogP contribution in [-0.4, -0.2) is 29.9 Å². The van der Waals surface area contributed by atoms with E-state index < -0.39 is 0 Å². The van der Waals surface area contributed by atoms with Gasteiger partial charge in [0.15, 0.2) is 0 Å². The van der Waals surface area contributed by atoms with Crippen molar-refractivity contribution in [1.82, 2.24) is 10.2 Å². The third-order valence-corrected chi connectivity index (χ3v) is 5.62. The Balaban J connectivity index is 1.40. The molecule has 1 heterocycles. The first-order chi connectivity index (χ1) is 12.3. The number of nitrogens with zero attached hydrogens (tertiary/aromatic N) is 1. The second-order valence-electron chi connectivity index (χ2n) is 7.29. The molecule has 0 aromatic heterocycles. The Bertz CT molecular complexity index is 735. The maximum atomic E-state index is 12.5. The zero-order valence-corrected chi connectivity index (χ0v) is 14.7. The van der Waals surface area contributed by atoms with Crippen molar-refractivity contribution in [3.63, 3.8) is 0 Å². The van der Waals surface area contributed by atoms with Crippen LogP contribution in [-0.2, 0) is 19.4 Å². The lowest BCUT2D eigenvalue weighted by Crippen LogP contribution is -2.37. The lowest BCUT2D eigenvalue weighted by atomic mass is 9.86. The molecule has 1 saturated heterocycles. The van der Waals surface area contributed by atoms with Gasteiger partial charge in [0.2, 0.25) is 0 Å². The van der Waals surface area contributed by atoms with Crippen molar-refractivity contribution in [3.8, 4) is 0 Å². The number of aryl methyl sites for hydroxylation is 1. The van der Waals surface area contributed by atoms with Crippen molar-refractivity contribution >= 4 is 5.91 Å². The van der Waals surface area contributed by atoms with Crippen molar-refractivity contribution in [3.05, 3.63) is 70.8 Å². The molecule has 2 aliphatic rings. The largest absolute Gasteiger partial charge is 0.348 e. The summed E-state index contributed by atoms with van der Waals surface area (Å²) in [6.07, 6.45) is 6.16. The number of amides is 1. The van der Waals surface area contributed by atoms with Crippen molar-refractivity contribution in [2.24, 2.45) is 0 Å². The third-order valence-electron chi connectivity index (χ3n) is 5.62. The lowest BCUT2D eigenvalue weighted by Gasteiger charge is -2.32.